The second-order valence-electron chi connectivity index (χ2n) is 10.4. The molecule has 0 aromatic carbocycles. The van der Waals surface area contributed by atoms with E-state index in [1.165, 1.54) is 19.3 Å². The highest BCUT2D eigenvalue weighted by atomic mass is 16.6. The molecular formula is C27H49NO6. The van der Waals surface area contributed by atoms with Crippen LogP contribution in [0.15, 0.2) is 12.2 Å². The van der Waals surface area contributed by atoms with Gasteiger partial charge in [-0.15, -0.1) is 0 Å². The highest BCUT2D eigenvalue weighted by molar-refractivity contribution is 5.86. The summed E-state index contributed by atoms with van der Waals surface area (Å²) < 4.78 is 16.2. The third kappa shape index (κ3) is 16.5. The van der Waals surface area contributed by atoms with Crippen LogP contribution >= 0.6 is 0 Å². The van der Waals surface area contributed by atoms with Gasteiger partial charge < -0.3 is 19.5 Å². The van der Waals surface area contributed by atoms with Crippen molar-refractivity contribution in [1.82, 2.24) is 5.32 Å². The Labute approximate surface area is 207 Å². The van der Waals surface area contributed by atoms with Gasteiger partial charge in [-0.05, 0) is 66.2 Å². The fourth-order valence-electron chi connectivity index (χ4n) is 3.79. The summed E-state index contributed by atoms with van der Waals surface area (Å²) >= 11 is 0. The highest BCUT2D eigenvalue weighted by Crippen LogP contribution is 2.27. The van der Waals surface area contributed by atoms with Gasteiger partial charge in [0.25, 0.3) is 0 Å². The van der Waals surface area contributed by atoms with Gasteiger partial charge in [0.2, 0.25) is 0 Å². The minimum atomic E-state index is -0.630. The molecule has 0 bridgehead atoms. The average molecular weight is 484 g/mol. The summed E-state index contributed by atoms with van der Waals surface area (Å²) in [6, 6.07) is 0. The van der Waals surface area contributed by atoms with Gasteiger partial charge in [0.1, 0.15) is 17.8 Å². The highest BCUT2D eigenvalue weighted by Gasteiger charge is 2.26. The molecule has 1 N–H and O–H groups in total. The van der Waals surface area contributed by atoms with Gasteiger partial charge in [-0.25, -0.2) is 9.59 Å². The molecule has 34 heavy (non-hydrogen) atoms. The first kappa shape index (κ1) is 31.9. The number of nitrogens with one attached hydrogen (secondary N) is 1. The summed E-state index contributed by atoms with van der Waals surface area (Å²) in [4.78, 5) is 35.6. The molecular weight excluding hydrogens is 434 g/mol. The van der Waals surface area contributed by atoms with Crippen molar-refractivity contribution in [2.45, 2.75) is 124 Å². The first-order valence-corrected chi connectivity index (χ1v) is 12.8. The third-order valence-corrected chi connectivity index (χ3v) is 5.70. The number of hydrogen-bond donors (Lipinski definition) is 1. The SMILES string of the molecule is C=C(C)C(=O)OCCNC(=O)OC(C)(C)CCCCCC(=O)OC(C)(C)CC(CC)CCCC. The molecule has 0 aliphatic rings. The molecule has 7 nitrogen and oxygen atoms in total. The molecule has 0 rings (SSSR count). The maximum absolute atomic E-state index is 12.3. The van der Waals surface area contributed by atoms with Gasteiger partial charge in [-0.3, -0.25) is 4.79 Å². The molecule has 1 unspecified atom stereocenters. The van der Waals surface area contributed by atoms with E-state index in [9.17, 15) is 14.4 Å². The molecule has 0 saturated carbocycles. The Morgan fingerprint density at radius 3 is 2.21 bits per heavy atom. The van der Waals surface area contributed by atoms with Crippen LogP contribution in [0.25, 0.3) is 0 Å². The Bertz CT molecular complexity index is 641. The number of rotatable bonds is 18. The van der Waals surface area contributed by atoms with Crippen LogP contribution in [0.1, 0.15) is 113 Å². The number of ether oxygens (including phenoxy) is 3. The molecule has 0 aliphatic carbocycles. The molecule has 0 fully saturated rings. The maximum Gasteiger partial charge on any atom is 0.407 e. The predicted octanol–water partition coefficient (Wildman–Crippen LogP) is 6.49. The van der Waals surface area contributed by atoms with Gasteiger partial charge in [-0.2, -0.15) is 0 Å². The van der Waals surface area contributed by atoms with Crippen LogP contribution in [0.3, 0.4) is 0 Å². The van der Waals surface area contributed by atoms with Crippen LogP contribution in [0, 0.1) is 5.92 Å². The van der Waals surface area contributed by atoms with Crippen molar-refractivity contribution in [3.63, 3.8) is 0 Å². The van der Waals surface area contributed by atoms with Crippen molar-refractivity contribution < 1.29 is 28.6 Å². The monoisotopic (exact) mass is 483 g/mol. The predicted molar refractivity (Wildman–Crippen MR) is 136 cm³/mol. The smallest absolute Gasteiger partial charge is 0.407 e. The number of esters is 2. The molecule has 7 heteroatoms. The van der Waals surface area contributed by atoms with Gasteiger partial charge in [0.05, 0.1) is 6.54 Å². The van der Waals surface area contributed by atoms with E-state index in [-0.39, 0.29) is 19.1 Å². The lowest BCUT2D eigenvalue weighted by Crippen LogP contribution is -2.36. The van der Waals surface area contributed by atoms with Crippen molar-refractivity contribution >= 4 is 18.0 Å². The fourth-order valence-corrected chi connectivity index (χ4v) is 3.79. The first-order valence-electron chi connectivity index (χ1n) is 12.8. The largest absolute Gasteiger partial charge is 0.460 e. The summed E-state index contributed by atoms with van der Waals surface area (Å²) in [5.74, 6) is -0.0359. The lowest BCUT2D eigenvalue weighted by Gasteiger charge is -2.29. The second-order valence-corrected chi connectivity index (χ2v) is 10.4. The Morgan fingerprint density at radius 2 is 1.62 bits per heavy atom. The van der Waals surface area contributed by atoms with Crippen molar-refractivity contribution in [2.75, 3.05) is 13.2 Å². The van der Waals surface area contributed by atoms with E-state index in [0.29, 0.717) is 24.3 Å². The van der Waals surface area contributed by atoms with Gasteiger partial charge >= 0.3 is 18.0 Å². The van der Waals surface area contributed by atoms with Crippen LogP contribution < -0.4 is 5.32 Å². The number of alkyl carbamates (subject to hydrolysis) is 1. The third-order valence-electron chi connectivity index (χ3n) is 5.70. The minimum absolute atomic E-state index is 0.0615. The van der Waals surface area contributed by atoms with E-state index in [1.807, 2.05) is 27.7 Å². The van der Waals surface area contributed by atoms with E-state index in [4.69, 9.17) is 14.2 Å². The molecule has 0 aromatic rings. The molecule has 0 spiro atoms. The fraction of sp³-hybridized carbons (Fsp3) is 0.815. The molecule has 0 radical (unpaired) electrons. The van der Waals surface area contributed by atoms with Crippen LogP contribution in [-0.2, 0) is 23.8 Å². The molecule has 0 aliphatic heterocycles. The number of unbranched alkanes of at least 4 members (excludes halogenated alkanes) is 3. The van der Waals surface area contributed by atoms with Crippen molar-refractivity contribution in [3.8, 4) is 0 Å². The lowest BCUT2D eigenvalue weighted by molar-refractivity contribution is -0.158. The molecule has 1 atom stereocenters. The second kappa shape index (κ2) is 16.6. The number of hydrogen-bond acceptors (Lipinski definition) is 6. The molecule has 1 amide bonds. The number of carbonyl (C=O) groups is 3. The summed E-state index contributed by atoms with van der Waals surface area (Å²) in [6.07, 6.45) is 8.58. The van der Waals surface area contributed by atoms with Crippen molar-refractivity contribution in [3.05, 3.63) is 12.2 Å². The minimum Gasteiger partial charge on any atom is -0.460 e. The van der Waals surface area contributed by atoms with Crippen LogP contribution in [-0.4, -0.2) is 42.4 Å². The number of amides is 1. The molecule has 0 saturated heterocycles. The summed E-state index contributed by atoms with van der Waals surface area (Å²) in [6.45, 7) is 17.4. The van der Waals surface area contributed by atoms with Crippen molar-refractivity contribution in [2.24, 2.45) is 5.92 Å². The summed E-state index contributed by atoms with van der Waals surface area (Å²) in [5.41, 5.74) is -0.750. The van der Waals surface area contributed by atoms with Gasteiger partial charge in [0.15, 0.2) is 0 Å². The average Bonchev–Trinajstić information content (AvgIpc) is 2.72. The lowest BCUT2D eigenvalue weighted by atomic mass is 9.87. The Kier molecular flexibility index (Phi) is 15.6. The van der Waals surface area contributed by atoms with Gasteiger partial charge in [-0.1, -0.05) is 52.5 Å². The van der Waals surface area contributed by atoms with E-state index in [0.717, 1.165) is 32.1 Å². The van der Waals surface area contributed by atoms with Gasteiger partial charge in [0, 0.05) is 12.0 Å². The van der Waals surface area contributed by atoms with Crippen LogP contribution in [0.5, 0.6) is 0 Å². The maximum atomic E-state index is 12.3. The Hall–Kier alpha value is -2.05. The van der Waals surface area contributed by atoms with E-state index >= 15 is 0 Å². The normalized spacial score (nSPS) is 12.6. The molecule has 0 heterocycles. The summed E-state index contributed by atoms with van der Waals surface area (Å²) in [5, 5.41) is 2.57. The summed E-state index contributed by atoms with van der Waals surface area (Å²) in [7, 11) is 0. The van der Waals surface area contributed by atoms with Crippen LogP contribution in [0.2, 0.25) is 0 Å². The van der Waals surface area contributed by atoms with E-state index in [1.54, 1.807) is 6.92 Å². The molecule has 0 aromatic heterocycles. The zero-order chi connectivity index (χ0) is 26.2. The quantitative estimate of drug-likeness (QED) is 0.104. The Balaban J connectivity index is 4.10. The topological polar surface area (TPSA) is 90.9 Å². The van der Waals surface area contributed by atoms with E-state index in [2.05, 4.69) is 25.7 Å². The van der Waals surface area contributed by atoms with Crippen molar-refractivity contribution in [1.29, 1.82) is 0 Å². The number of carbonyl (C=O) groups excluding carboxylic acids is 3. The Morgan fingerprint density at radius 1 is 0.941 bits per heavy atom. The van der Waals surface area contributed by atoms with E-state index < -0.39 is 23.3 Å². The zero-order valence-electron chi connectivity index (χ0n) is 22.7. The first-order chi connectivity index (χ1) is 15.8. The standard InChI is InChI=1S/C27H49NO6/c1-9-11-15-22(10-2)20-27(7,8)33-23(29)16-13-12-14-17-26(5,6)34-25(31)28-18-19-32-24(30)21(3)4/h22H,3,9-20H2,1-2,4-8H3,(H,28,31). The molecule has 198 valence electrons. The zero-order valence-corrected chi connectivity index (χ0v) is 22.7. The van der Waals surface area contributed by atoms with Crippen LogP contribution in [0.4, 0.5) is 4.79 Å².